The lowest BCUT2D eigenvalue weighted by Crippen LogP contribution is -2.58. The van der Waals surface area contributed by atoms with Gasteiger partial charge in [0.2, 0.25) is 0 Å². The molecule has 4 atom stereocenters. The molecule has 3 N–H and O–H groups in total. The number of aliphatic hydroxyl groups excluding tert-OH is 1. The number of urea groups is 1. The number of likely N-dealkylation sites (tertiary alicyclic amines) is 1. The third kappa shape index (κ3) is 4.85. The van der Waals surface area contributed by atoms with Crippen LogP contribution in [0.3, 0.4) is 0 Å². The molecule has 1 unspecified atom stereocenters. The van der Waals surface area contributed by atoms with Crippen LogP contribution in [0.15, 0.2) is 18.2 Å². The number of piperidine rings is 1. The summed E-state index contributed by atoms with van der Waals surface area (Å²) in [5, 5.41) is 15.8. The minimum Gasteiger partial charge on any atom is -0.387 e. The Labute approximate surface area is 205 Å². The van der Waals surface area contributed by atoms with Crippen LogP contribution in [0, 0.1) is 0 Å². The number of nitrogens with zero attached hydrogens (tertiary/aromatic N) is 2. The fourth-order valence-electron chi connectivity index (χ4n) is 6.36. The molecule has 1 saturated heterocycles. The lowest BCUT2D eigenvalue weighted by molar-refractivity contribution is 0.0966. The molecule has 0 saturated carbocycles. The summed E-state index contributed by atoms with van der Waals surface area (Å²) < 4.78 is 0. The summed E-state index contributed by atoms with van der Waals surface area (Å²) >= 11 is 0. The van der Waals surface area contributed by atoms with Gasteiger partial charge in [-0.1, -0.05) is 45.2 Å². The number of amides is 2. The van der Waals surface area contributed by atoms with E-state index in [0.717, 1.165) is 82.3 Å². The summed E-state index contributed by atoms with van der Waals surface area (Å²) in [4.78, 5) is 20.9. The summed E-state index contributed by atoms with van der Waals surface area (Å²) in [6.07, 6.45) is 6.80. The number of hydrogen-bond acceptors (Lipinski definition) is 3. The first-order valence-corrected chi connectivity index (χ1v) is 13.6. The van der Waals surface area contributed by atoms with Gasteiger partial charge in [-0.25, -0.2) is 4.79 Å². The molecule has 0 bridgehead atoms. The van der Waals surface area contributed by atoms with Crippen molar-refractivity contribution in [2.75, 3.05) is 26.2 Å². The number of aliphatic hydroxyl groups is 1. The van der Waals surface area contributed by atoms with Crippen molar-refractivity contribution < 1.29 is 9.90 Å². The van der Waals surface area contributed by atoms with Gasteiger partial charge < -0.3 is 20.3 Å². The Morgan fingerprint density at radius 2 is 2.00 bits per heavy atom. The number of aromatic amines is 1. The van der Waals surface area contributed by atoms with Crippen LogP contribution in [0.1, 0.15) is 95.1 Å². The SMILES string of the molecule is CCCCCC(O)c1[nH]c2cccc3c2c1C[C@@H]1[C@@H]3C[C@H](NC(=O)N(CC)CC)CN1CCC. The van der Waals surface area contributed by atoms with Gasteiger partial charge in [0.1, 0.15) is 0 Å². The van der Waals surface area contributed by atoms with E-state index in [1.54, 1.807) is 0 Å². The predicted octanol–water partition coefficient (Wildman–Crippen LogP) is 5.33. The van der Waals surface area contributed by atoms with E-state index in [9.17, 15) is 9.90 Å². The van der Waals surface area contributed by atoms with Crippen molar-refractivity contribution in [2.24, 2.45) is 0 Å². The fourth-order valence-corrected chi connectivity index (χ4v) is 6.36. The zero-order valence-corrected chi connectivity index (χ0v) is 21.6. The van der Waals surface area contributed by atoms with Crippen LogP contribution in [0.4, 0.5) is 4.79 Å². The number of nitrogens with one attached hydrogen (secondary N) is 2. The Kier molecular flexibility index (Phi) is 8.20. The van der Waals surface area contributed by atoms with Crippen LogP contribution in [-0.4, -0.2) is 64.2 Å². The van der Waals surface area contributed by atoms with Crippen LogP contribution in [0.25, 0.3) is 10.9 Å². The van der Waals surface area contributed by atoms with Crippen LogP contribution in [0.5, 0.6) is 0 Å². The molecule has 0 radical (unpaired) electrons. The Balaban J connectivity index is 1.65. The van der Waals surface area contributed by atoms with E-state index in [1.165, 1.54) is 16.5 Å². The third-order valence-electron chi connectivity index (χ3n) is 8.04. The van der Waals surface area contributed by atoms with Crippen molar-refractivity contribution in [2.45, 2.75) is 96.7 Å². The first-order chi connectivity index (χ1) is 16.5. The van der Waals surface area contributed by atoms with Crippen LogP contribution in [0.2, 0.25) is 0 Å². The second-order valence-electron chi connectivity index (χ2n) is 10.2. The van der Waals surface area contributed by atoms with E-state index in [0.29, 0.717) is 12.0 Å². The summed E-state index contributed by atoms with van der Waals surface area (Å²) in [6.45, 7) is 11.9. The van der Waals surface area contributed by atoms with Gasteiger partial charge in [0.05, 0.1) is 6.10 Å². The standard InChI is InChI=1S/C28H44N4O2/c1-5-9-10-14-25(33)27-22-17-24-21(20-12-11-13-23(30-27)26(20)22)16-19(18-32(24)15-6-2)29-28(34)31(7-3)8-4/h11-13,19,21,24-25,30,33H,5-10,14-18H2,1-4H3,(H,29,34)/t19-,21+,24+,25?/m0/s1. The quantitative estimate of drug-likeness (QED) is 0.413. The largest absolute Gasteiger partial charge is 0.387 e. The Hall–Kier alpha value is -2.05. The van der Waals surface area contributed by atoms with E-state index in [-0.39, 0.29) is 12.1 Å². The average molecular weight is 469 g/mol. The van der Waals surface area contributed by atoms with E-state index >= 15 is 0 Å². The number of aromatic nitrogens is 1. The molecule has 1 aliphatic carbocycles. The number of fused-ring (bicyclic) bond motifs is 2. The highest BCUT2D eigenvalue weighted by molar-refractivity contribution is 5.90. The number of rotatable bonds is 10. The number of hydrogen-bond donors (Lipinski definition) is 3. The normalized spacial score (nSPS) is 23.0. The van der Waals surface area contributed by atoms with Gasteiger partial charge in [0.15, 0.2) is 0 Å². The summed E-state index contributed by atoms with van der Waals surface area (Å²) in [7, 11) is 0. The van der Waals surface area contributed by atoms with Gasteiger partial charge >= 0.3 is 6.03 Å². The molecule has 0 spiro atoms. The maximum atomic E-state index is 12.8. The topological polar surface area (TPSA) is 71.6 Å². The second-order valence-corrected chi connectivity index (χ2v) is 10.2. The zero-order valence-electron chi connectivity index (χ0n) is 21.6. The van der Waals surface area contributed by atoms with E-state index in [1.807, 2.05) is 18.7 Å². The van der Waals surface area contributed by atoms with Gasteiger partial charge in [0, 0.05) is 54.2 Å². The Morgan fingerprint density at radius 3 is 2.71 bits per heavy atom. The average Bonchev–Trinajstić information content (AvgIpc) is 3.20. The minimum absolute atomic E-state index is 0.0544. The third-order valence-corrected chi connectivity index (χ3v) is 8.04. The number of carbonyl (C=O) groups is 1. The van der Waals surface area contributed by atoms with Crippen molar-refractivity contribution in [3.8, 4) is 0 Å². The molecule has 2 aromatic rings. The lowest BCUT2D eigenvalue weighted by Gasteiger charge is -2.47. The fraction of sp³-hybridized carbons (Fsp3) is 0.679. The summed E-state index contributed by atoms with van der Waals surface area (Å²) in [5.41, 5.74) is 4.88. The molecular weight excluding hydrogens is 424 g/mol. The number of unbranched alkanes of at least 4 members (excludes halogenated alkanes) is 2. The van der Waals surface area contributed by atoms with Crippen molar-refractivity contribution >= 4 is 16.9 Å². The molecule has 1 fully saturated rings. The zero-order chi connectivity index (χ0) is 24.2. The maximum absolute atomic E-state index is 12.8. The molecule has 1 aromatic heterocycles. The molecule has 2 amide bonds. The predicted molar refractivity (Wildman–Crippen MR) is 139 cm³/mol. The molecule has 2 aliphatic rings. The van der Waals surface area contributed by atoms with Crippen molar-refractivity contribution in [3.05, 3.63) is 35.0 Å². The van der Waals surface area contributed by atoms with Crippen LogP contribution in [-0.2, 0) is 6.42 Å². The monoisotopic (exact) mass is 468 g/mol. The van der Waals surface area contributed by atoms with Crippen LogP contribution < -0.4 is 5.32 Å². The van der Waals surface area contributed by atoms with Gasteiger partial charge in [-0.3, -0.25) is 4.90 Å². The van der Waals surface area contributed by atoms with E-state index in [2.05, 4.69) is 47.2 Å². The molecule has 4 rings (SSSR count). The molecule has 1 aliphatic heterocycles. The number of benzene rings is 1. The Morgan fingerprint density at radius 1 is 1.21 bits per heavy atom. The highest BCUT2D eigenvalue weighted by Gasteiger charge is 2.42. The van der Waals surface area contributed by atoms with Gasteiger partial charge in [-0.2, -0.15) is 0 Å². The van der Waals surface area contributed by atoms with Crippen molar-refractivity contribution in [1.29, 1.82) is 0 Å². The lowest BCUT2D eigenvalue weighted by atomic mass is 9.73. The molecule has 34 heavy (non-hydrogen) atoms. The van der Waals surface area contributed by atoms with Gasteiger partial charge in [-0.05, 0) is 63.3 Å². The smallest absolute Gasteiger partial charge is 0.317 e. The molecule has 188 valence electrons. The molecular formula is C28H44N4O2. The van der Waals surface area contributed by atoms with Crippen molar-refractivity contribution in [1.82, 2.24) is 20.1 Å². The van der Waals surface area contributed by atoms with Crippen molar-refractivity contribution in [3.63, 3.8) is 0 Å². The van der Waals surface area contributed by atoms with Crippen LogP contribution >= 0.6 is 0 Å². The van der Waals surface area contributed by atoms with Gasteiger partial charge in [0.25, 0.3) is 0 Å². The molecule has 6 nitrogen and oxygen atoms in total. The summed E-state index contributed by atoms with van der Waals surface area (Å²) in [6, 6.07) is 7.20. The first-order valence-electron chi connectivity index (χ1n) is 13.6. The highest BCUT2D eigenvalue weighted by atomic mass is 16.3. The maximum Gasteiger partial charge on any atom is 0.317 e. The number of H-pyrrole nitrogens is 1. The van der Waals surface area contributed by atoms with E-state index in [4.69, 9.17) is 0 Å². The number of carbonyl (C=O) groups excluding carboxylic acids is 1. The van der Waals surface area contributed by atoms with Gasteiger partial charge in [-0.15, -0.1) is 0 Å². The second kappa shape index (κ2) is 11.1. The molecule has 2 heterocycles. The minimum atomic E-state index is -0.428. The molecule has 6 heteroatoms. The molecule has 1 aromatic carbocycles. The highest BCUT2D eigenvalue weighted by Crippen LogP contribution is 2.46. The van der Waals surface area contributed by atoms with E-state index < -0.39 is 6.10 Å². The summed E-state index contributed by atoms with van der Waals surface area (Å²) in [5.74, 6) is 0.388. The first kappa shape index (κ1) is 25.1. The Bertz CT molecular complexity index is 967.